The minimum Gasteiger partial charge on any atom is -0.249 e. The van der Waals surface area contributed by atoms with E-state index >= 15 is 0 Å². The van der Waals surface area contributed by atoms with E-state index in [0.717, 1.165) is 6.07 Å². The number of pyridine rings is 1. The Morgan fingerprint density at radius 3 is 2.57 bits per heavy atom. The highest BCUT2D eigenvalue weighted by Crippen LogP contribution is 2.28. The van der Waals surface area contributed by atoms with Crippen molar-refractivity contribution in [2.75, 3.05) is 0 Å². The van der Waals surface area contributed by atoms with Gasteiger partial charge >= 0.3 is 6.18 Å². The first kappa shape index (κ1) is 10.5. The second-order valence-electron chi connectivity index (χ2n) is 2.83. The predicted octanol–water partition coefficient (Wildman–Crippen LogP) is 2.47. The molecule has 1 aromatic heterocycles. The lowest BCUT2D eigenvalue weighted by Gasteiger charge is -2.07. The van der Waals surface area contributed by atoms with E-state index in [1.807, 2.05) is 0 Å². The number of alkyl halides is 3. The third-order valence-corrected chi connectivity index (χ3v) is 1.59. The summed E-state index contributed by atoms with van der Waals surface area (Å²) in [6.45, 7) is 1.47. The first-order chi connectivity index (χ1) is 6.43. The molecule has 0 aliphatic carbocycles. The molecule has 0 N–H and O–H groups in total. The van der Waals surface area contributed by atoms with Gasteiger partial charge in [0.25, 0.3) is 0 Å². The fraction of sp³-hybridized carbons (Fsp3) is 0.333. The number of nitriles is 1. The molecule has 1 aromatic rings. The number of aryl methyl sites for hydroxylation is 1. The SMILES string of the molecule is Cc1cc(CC#N)cc(C(F)(F)F)n1. The van der Waals surface area contributed by atoms with Crippen LogP contribution in [0.2, 0.25) is 0 Å². The summed E-state index contributed by atoms with van der Waals surface area (Å²) in [5, 5.41) is 8.35. The number of aromatic nitrogens is 1. The van der Waals surface area contributed by atoms with E-state index in [-0.39, 0.29) is 12.1 Å². The molecule has 1 rings (SSSR count). The van der Waals surface area contributed by atoms with Crippen molar-refractivity contribution < 1.29 is 13.2 Å². The Balaban J connectivity index is 3.15. The van der Waals surface area contributed by atoms with Crippen LogP contribution < -0.4 is 0 Å². The Morgan fingerprint density at radius 2 is 2.07 bits per heavy atom. The number of nitrogens with zero attached hydrogens (tertiary/aromatic N) is 2. The van der Waals surface area contributed by atoms with E-state index in [2.05, 4.69) is 4.98 Å². The molecule has 0 unspecified atom stereocenters. The molecule has 2 nitrogen and oxygen atoms in total. The van der Waals surface area contributed by atoms with Crippen molar-refractivity contribution in [3.63, 3.8) is 0 Å². The van der Waals surface area contributed by atoms with Crippen molar-refractivity contribution in [3.05, 3.63) is 29.1 Å². The average molecular weight is 200 g/mol. The van der Waals surface area contributed by atoms with E-state index in [0.29, 0.717) is 5.56 Å². The number of rotatable bonds is 1. The minimum atomic E-state index is -4.45. The molecule has 0 bridgehead atoms. The Bertz CT molecular complexity index is 377. The number of hydrogen-bond acceptors (Lipinski definition) is 2. The molecule has 5 heteroatoms. The monoisotopic (exact) mass is 200 g/mol. The van der Waals surface area contributed by atoms with Gasteiger partial charge in [0.1, 0.15) is 5.69 Å². The van der Waals surface area contributed by atoms with Gasteiger partial charge in [0, 0.05) is 5.69 Å². The van der Waals surface area contributed by atoms with Crippen LogP contribution in [0.1, 0.15) is 17.0 Å². The summed E-state index contributed by atoms with van der Waals surface area (Å²) in [6.07, 6.45) is -4.48. The molecule has 0 radical (unpaired) electrons. The average Bonchev–Trinajstić information content (AvgIpc) is 2.02. The van der Waals surface area contributed by atoms with Gasteiger partial charge in [-0.3, -0.25) is 0 Å². The molecule has 0 aliphatic heterocycles. The van der Waals surface area contributed by atoms with Crippen molar-refractivity contribution in [3.8, 4) is 6.07 Å². The number of hydrogen-bond donors (Lipinski definition) is 0. The predicted molar refractivity (Wildman–Crippen MR) is 43.3 cm³/mol. The number of halogens is 3. The maximum Gasteiger partial charge on any atom is 0.433 e. The Hall–Kier alpha value is -1.57. The molecule has 0 atom stereocenters. The van der Waals surface area contributed by atoms with Gasteiger partial charge in [-0.15, -0.1) is 0 Å². The standard InChI is InChI=1S/C9H7F3N2/c1-6-4-7(2-3-13)5-8(14-6)9(10,11)12/h4-5H,2H2,1H3. The van der Waals surface area contributed by atoms with Gasteiger partial charge in [-0.2, -0.15) is 18.4 Å². The van der Waals surface area contributed by atoms with E-state index in [9.17, 15) is 13.2 Å². The Morgan fingerprint density at radius 1 is 1.43 bits per heavy atom. The van der Waals surface area contributed by atoms with Gasteiger partial charge in [-0.1, -0.05) is 0 Å². The molecular formula is C9H7F3N2. The highest BCUT2D eigenvalue weighted by Gasteiger charge is 2.32. The summed E-state index contributed by atoms with van der Waals surface area (Å²) < 4.78 is 36.7. The van der Waals surface area contributed by atoms with Crippen molar-refractivity contribution >= 4 is 0 Å². The largest absolute Gasteiger partial charge is 0.433 e. The van der Waals surface area contributed by atoms with Crippen LogP contribution in [-0.4, -0.2) is 4.98 Å². The van der Waals surface area contributed by atoms with Crippen LogP contribution in [0.4, 0.5) is 13.2 Å². The fourth-order valence-electron chi connectivity index (χ4n) is 1.08. The summed E-state index contributed by atoms with van der Waals surface area (Å²) in [5.74, 6) is 0. The van der Waals surface area contributed by atoms with Gasteiger partial charge in [-0.25, -0.2) is 4.98 Å². The van der Waals surface area contributed by atoms with Crippen LogP contribution >= 0.6 is 0 Å². The van der Waals surface area contributed by atoms with Crippen LogP contribution in [0.5, 0.6) is 0 Å². The highest BCUT2D eigenvalue weighted by molar-refractivity contribution is 5.24. The van der Waals surface area contributed by atoms with Gasteiger partial charge < -0.3 is 0 Å². The topological polar surface area (TPSA) is 36.7 Å². The molecule has 0 saturated heterocycles. The molecule has 0 amide bonds. The van der Waals surface area contributed by atoms with Gasteiger partial charge in [0.15, 0.2) is 0 Å². The smallest absolute Gasteiger partial charge is 0.249 e. The third-order valence-electron chi connectivity index (χ3n) is 1.59. The third kappa shape index (κ3) is 2.46. The Labute approximate surface area is 79.0 Å². The fourth-order valence-corrected chi connectivity index (χ4v) is 1.08. The van der Waals surface area contributed by atoms with E-state index in [1.54, 1.807) is 6.07 Å². The second kappa shape index (κ2) is 3.66. The van der Waals surface area contributed by atoms with E-state index in [1.165, 1.54) is 13.0 Å². The molecule has 14 heavy (non-hydrogen) atoms. The Kier molecular flexibility index (Phi) is 2.75. The van der Waals surface area contributed by atoms with E-state index < -0.39 is 11.9 Å². The van der Waals surface area contributed by atoms with Crippen molar-refractivity contribution in [1.82, 2.24) is 4.98 Å². The summed E-state index contributed by atoms with van der Waals surface area (Å²) in [4.78, 5) is 3.35. The summed E-state index contributed by atoms with van der Waals surface area (Å²) in [5.41, 5.74) is -0.333. The molecular weight excluding hydrogens is 193 g/mol. The summed E-state index contributed by atoms with van der Waals surface area (Å²) in [7, 11) is 0. The minimum absolute atomic E-state index is 0.0353. The van der Waals surface area contributed by atoms with Crippen molar-refractivity contribution in [1.29, 1.82) is 5.26 Å². The summed E-state index contributed by atoms with van der Waals surface area (Å²) in [6, 6.07) is 4.16. The van der Waals surface area contributed by atoms with Crippen LogP contribution in [0.25, 0.3) is 0 Å². The van der Waals surface area contributed by atoms with Crippen molar-refractivity contribution in [2.24, 2.45) is 0 Å². The lowest BCUT2D eigenvalue weighted by Crippen LogP contribution is -2.09. The maximum atomic E-state index is 12.2. The molecule has 74 valence electrons. The second-order valence-corrected chi connectivity index (χ2v) is 2.83. The first-order valence-corrected chi connectivity index (χ1v) is 3.85. The zero-order valence-corrected chi connectivity index (χ0v) is 7.39. The zero-order chi connectivity index (χ0) is 10.8. The molecule has 0 fully saturated rings. The van der Waals surface area contributed by atoms with Gasteiger partial charge in [-0.05, 0) is 24.6 Å². The molecule has 0 aliphatic rings. The molecule has 0 spiro atoms. The maximum absolute atomic E-state index is 12.2. The zero-order valence-electron chi connectivity index (χ0n) is 7.39. The van der Waals surface area contributed by atoms with Gasteiger partial charge in [0.2, 0.25) is 0 Å². The quantitative estimate of drug-likeness (QED) is 0.698. The first-order valence-electron chi connectivity index (χ1n) is 3.85. The molecule has 0 aromatic carbocycles. The van der Waals surface area contributed by atoms with Crippen molar-refractivity contribution in [2.45, 2.75) is 19.5 Å². The van der Waals surface area contributed by atoms with Crippen LogP contribution in [0.15, 0.2) is 12.1 Å². The summed E-state index contributed by atoms with van der Waals surface area (Å²) >= 11 is 0. The molecule has 1 heterocycles. The van der Waals surface area contributed by atoms with Gasteiger partial charge in [0.05, 0.1) is 12.5 Å². The lowest BCUT2D eigenvalue weighted by molar-refractivity contribution is -0.141. The normalized spacial score (nSPS) is 11.1. The van der Waals surface area contributed by atoms with Crippen LogP contribution in [-0.2, 0) is 12.6 Å². The molecule has 0 saturated carbocycles. The van der Waals surface area contributed by atoms with Crippen LogP contribution in [0.3, 0.4) is 0 Å². The van der Waals surface area contributed by atoms with E-state index in [4.69, 9.17) is 5.26 Å². The lowest BCUT2D eigenvalue weighted by atomic mass is 10.1. The van der Waals surface area contributed by atoms with Crippen LogP contribution in [0, 0.1) is 18.3 Å². The highest BCUT2D eigenvalue weighted by atomic mass is 19.4.